The largest absolute Gasteiger partial charge is 0.311 e. The summed E-state index contributed by atoms with van der Waals surface area (Å²) >= 11 is 0. The number of hydrogen-bond donors (Lipinski definition) is 1. The zero-order valence-electron chi connectivity index (χ0n) is 12.6. The number of fused-ring (bicyclic) bond motifs is 1. The Bertz CT molecular complexity index is 765. The number of anilines is 1. The van der Waals surface area contributed by atoms with Gasteiger partial charge in [-0.3, -0.25) is 4.79 Å². The molecule has 23 heavy (non-hydrogen) atoms. The van der Waals surface area contributed by atoms with Crippen molar-refractivity contribution in [3.8, 4) is 0 Å². The van der Waals surface area contributed by atoms with Gasteiger partial charge in [0.15, 0.2) is 11.6 Å². The summed E-state index contributed by atoms with van der Waals surface area (Å²) in [5.74, 6) is -1.46. The molecule has 4 nitrogen and oxygen atoms in total. The van der Waals surface area contributed by atoms with E-state index in [0.717, 1.165) is 24.5 Å². The van der Waals surface area contributed by atoms with E-state index in [-0.39, 0.29) is 18.2 Å². The fourth-order valence-corrected chi connectivity index (χ4v) is 3.69. The molecule has 120 valence electrons. The SMILES string of the molecule is O=C1CC(c2ccc(F)c(F)c2)c2cnn(C3CCCC3)c2N1. The number of nitrogens with one attached hydrogen (secondary N) is 1. The first kappa shape index (κ1) is 14.4. The van der Waals surface area contributed by atoms with E-state index in [1.54, 1.807) is 12.3 Å². The van der Waals surface area contributed by atoms with Gasteiger partial charge in [-0.05, 0) is 30.5 Å². The Kier molecular flexibility index (Phi) is 3.39. The van der Waals surface area contributed by atoms with Gasteiger partial charge >= 0.3 is 0 Å². The fourth-order valence-electron chi connectivity index (χ4n) is 3.69. The third kappa shape index (κ3) is 2.42. The van der Waals surface area contributed by atoms with E-state index in [1.807, 2.05) is 4.68 Å². The Labute approximate surface area is 132 Å². The predicted octanol–water partition coefficient (Wildman–Crippen LogP) is 3.75. The molecule has 1 saturated carbocycles. The highest BCUT2D eigenvalue weighted by molar-refractivity contribution is 5.94. The molecule has 1 fully saturated rings. The van der Waals surface area contributed by atoms with Crippen LogP contribution in [-0.4, -0.2) is 15.7 Å². The Morgan fingerprint density at radius 2 is 1.96 bits per heavy atom. The average molecular weight is 317 g/mol. The van der Waals surface area contributed by atoms with Gasteiger partial charge in [0.05, 0.1) is 12.2 Å². The lowest BCUT2D eigenvalue weighted by atomic mass is 9.87. The number of rotatable bonds is 2. The second kappa shape index (κ2) is 5.44. The highest BCUT2D eigenvalue weighted by Gasteiger charge is 2.32. The van der Waals surface area contributed by atoms with Crippen LogP contribution >= 0.6 is 0 Å². The second-order valence-electron chi connectivity index (χ2n) is 6.31. The summed E-state index contributed by atoms with van der Waals surface area (Å²) in [6, 6.07) is 4.13. The summed E-state index contributed by atoms with van der Waals surface area (Å²) < 4.78 is 28.6. The van der Waals surface area contributed by atoms with Crippen molar-refractivity contribution in [3.05, 3.63) is 47.2 Å². The number of hydrogen-bond acceptors (Lipinski definition) is 2. The zero-order valence-corrected chi connectivity index (χ0v) is 12.6. The van der Waals surface area contributed by atoms with Crippen LogP contribution in [0, 0.1) is 11.6 Å². The van der Waals surface area contributed by atoms with Crippen LogP contribution in [0.5, 0.6) is 0 Å². The molecule has 1 aliphatic heterocycles. The molecule has 0 saturated heterocycles. The molecule has 4 rings (SSSR count). The molecular weight excluding hydrogens is 300 g/mol. The number of benzene rings is 1. The van der Waals surface area contributed by atoms with Crippen molar-refractivity contribution in [2.75, 3.05) is 5.32 Å². The summed E-state index contributed by atoms with van der Waals surface area (Å²) in [7, 11) is 0. The van der Waals surface area contributed by atoms with Crippen LogP contribution in [0.1, 0.15) is 55.2 Å². The molecule has 2 aliphatic rings. The van der Waals surface area contributed by atoms with Gasteiger partial charge in [-0.15, -0.1) is 0 Å². The third-order valence-corrected chi connectivity index (χ3v) is 4.86. The lowest BCUT2D eigenvalue weighted by molar-refractivity contribution is -0.116. The molecule has 0 spiro atoms. The fraction of sp³-hybridized carbons (Fsp3) is 0.412. The molecule has 1 aromatic carbocycles. The van der Waals surface area contributed by atoms with Crippen molar-refractivity contribution < 1.29 is 13.6 Å². The standard InChI is InChI=1S/C17H17F2N3O/c18-14-6-5-10(7-15(14)19)12-8-16(23)21-17-13(12)9-20-22(17)11-3-1-2-4-11/h5-7,9,11-12H,1-4,8H2,(H,21,23). The van der Waals surface area contributed by atoms with E-state index in [2.05, 4.69) is 10.4 Å². The lowest BCUT2D eigenvalue weighted by Gasteiger charge is -2.25. The number of aromatic nitrogens is 2. The van der Waals surface area contributed by atoms with E-state index in [0.29, 0.717) is 17.4 Å². The van der Waals surface area contributed by atoms with Gasteiger partial charge in [0.2, 0.25) is 5.91 Å². The monoisotopic (exact) mass is 317 g/mol. The minimum absolute atomic E-state index is 0.119. The number of carbonyl (C=O) groups is 1. The second-order valence-corrected chi connectivity index (χ2v) is 6.31. The minimum atomic E-state index is -0.891. The van der Waals surface area contributed by atoms with Crippen molar-refractivity contribution in [1.29, 1.82) is 0 Å². The first-order valence-electron chi connectivity index (χ1n) is 7.95. The maximum Gasteiger partial charge on any atom is 0.226 e. The molecule has 1 amide bonds. The van der Waals surface area contributed by atoms with Crippen LogP contribution in [-0.2, 0) is 4.79 Å². The molecule has 0 bridgehead atoms. The minimum Gasteiger partial charge on any atom is -0.311 e. The van der Waals surface area contributed by atoms with Gasteiger partial charge in [-0.2, -0.15) is 5.10 Å². The number of nitrogens with zero attached hydrogens (tertiary/aromatic N) is 2. The summed E-state index contributed by atoms with van der Waals surface area (Å²) in [6.07, 6.45) is 6.41. The van der Waals surface area contributed by atoms with Crippen LogP contribution < -0.4 is 5.32 Å². The van der Waals surface area contributed by atoms with Gasteiger partial charge in [0.1, 0.15) is 5.82 Å². The van der Waals surface area contributed by atoms with Crippen LogP contribution in [0.25, 0.3) is 0 Å². The van der Waals surface area contributed by atoms with E-state index < -0.39 is 11.6 Å². The lowest BCUT2D eigenvalue weighted by Crippen LogP contribution is -2.25. The Morgan fingerprint density at radius 1 is 1.17 bits per heavy atom. The van der Waals surface area contributed by atoms with Gasteiger partial charge < -0.3 is 5.32 Å². The van der Waals surface area contributed by atoms with Gasteiger partial charge in [0.25, 0.3) is 0 Å². The van der Waals surface area contributed by atoms with Crippen LogP contribution in [0.3, 0.4) is 0 Å². The Hall–Kier alpha value is -2.24. The Morgan fingerprint density at radius 3 is 2.70 bits per heavy atom. The summed E-state index contributed by atoms with van der Waals surface area (Å²) in [6.45, 7) is 0. The highest BCUT2D eigenvalue weighted by atomic mass is 19.2. The number of carbonyl (C=O) groups excluding carboxylic acids is 1. The molecule has 1 unspecified atom stereocenters. The van der Waals surface area contributed by atoms with Crippen molar-refractivity contribution in [1.82, 2.24) is 9.78 Å². The molecule has 6 heteroatoms. The van der Waals surface area contributed by atoms with Gasteiger partial charge in [0, 0.05) is 17.9 Å². The van der Waals surface area contributed by atoms with E-state index >= 15 is 0 Å². The molecule has 1 aliphatic carbocycles. The van der Waals surface area contributed by atoms with Crippen molar-refractivity contribution >= 4 is 11.7 Å². The molecule has 1 N–H and O–H groups in total. The normalized spacial score (nSPS) is 21.3. The molecule has 0 radical (unpaired) electrons. The van der Waals surface area contributed by atoms with Crippen molar-refractivity contribution in [2.45, 2.75) is 44.1 Å². The Balaban J connectivity index is 1.76. The highest BCUT2D eigenvalue weighted by Crippen LogP contribution is 2.40. The summed E-state index contributed by atoms with van der Waals surface area (Å²) in [4.78, 5) is 12.1. The predicted molar refractivity (Wildman–Crippen MR) is 81.2 cm³/mol. The summed E-state index contributed by atoms with van der Waals surface area (Å²) in [5, 5.41) is 7.37. The van der Waals surface area contributed by atoms with Crippen LogP contribution in [0.2, 0.25) is 0 Å². The van der Waals surface area contributed by atoms with Crippen LogP contribution in [0.4, 0.5) is 14.6 Å². The zero-order chi connectivity index (χ0) is 16.0. The van der Waals surface area contributed by atoms with E-state index in [9.17, 15) is 13.6 Å². The van der Waals surface area contributed by atoms with Crippen LogP contribution in [0.15, 0.2) is 24.4 Å². The molecule has 2 heterocycles. The molecular formula is C17H17F2N3O. The molecule has 2 aromatic rings. The average Bonchev–Trinajstić information content (AvgIpc) is 3.17. The van der Waals surface area contributed by atoms with E-state index in [4.69, 9.17) is 0 Å². The van der Waals surface area contributed by atoms with Crippen molar-refractivity contribution in [2.24, 2.45) is 0 Å². The van der Waals surface area contributed by atoms with E-state index in [1.165, 1.54) is 18.9 Å². The topological polar surface area (TPSA) is 46.9 Å². The van der Waals surface area contributed by atoms with Gasteiger partial charge in [-0.25, -0.2) is 13.5 Å². The van der Waals surface area contributed by atoms with Crippen molar-refractivity contribution in [3.63, 3.8) is 0 Å². The maximum absolute atomic E-state index is 13.6. The molecule has 1 atom stereocenters. The smallest absolute Gasteiger partial charge is 0.226 e. The first-order chi connectivity index (χ1) is 11.1. The number of halogens is 2. The first-order valence-corrected chi connectivity index (χ1v) is 7.95. The third-order valence-electron chi connectivity index (χ3n) is 4.86. The molecule has 1 aromatic heterocycles. The summed E-state index contributed by atoms with van der Waals surface area (Å²) in [5.41, 5.74) is 1.48. The quantitative estimate of drug-likeness (QED) is 0.917. The van der Waals surface area contributed by atoms with Gasteiger partial charge in [-0.1, -0.05) is 18.9 Å². The number of amides is 1. The maximum atomic E-state index is 13.6.